The Morgan fingerprint density at radius 2 is 2.00 bits per heavy atom. The molecule has 2 nitrogen and oxygen atoms in total. The van der Waals surface area contributed by atoms with Crippen molar-refractivity contribution in [3.05, 3.63) is 59.0 Å². The molecule has 102 valence electrons. The maximum atomic E-state index is 5.79. The lowest BCUT2D eigenvalue weighted by Gasteiger charge is -2.17. The van der Waals surface area contributed by atoms with Crippen LogP contribution < -0.4 is 5.32 Å². The summed E-state index contributed by atoms with van der Waals surface area (Å²) < 4.78 is 5.79. The van der Waals surface area contributed by atoms with Gasteiger partial charge in [-0.05, 0) is 43.1 Å². The van der Waals surface area contributed by atoms with Gasteiger partial charge in [-0.1, -0.05) is 44.5 Å². The molecule has 1 aromatic carbocycles. The van der Waals surface area contributed by atoms with Crippen LogP contribution in [0.5, 0.6) is 0 Å². The van der Waals surface area contributed by atoms with E-state index in [4.69, 9.17) is 4.42 Å². The molecule has 0 aliphatic rings. The summed E-state index contributed by atoms with van der Waals surface area (Å²) in [5.41, 5.74) is 2.67. The van der Waals surface area contributed by atoms with Crippen LogP contribution >= 0.6 is 0 Å². The molecule has 0 spiro atoms. The van der Waals surface area contributed by atoms with E-state index in [1.165, 1.54) is 17.5 Å². The van der Waals surface area contributed by atoms with E-state index in [0.29, 0.717) is 0 Å². The molecule has 1 atom stereocenters. The van der Waals surface area contributed by atoms with Crippen LogP contribution in [-0.4, -0.2) is 6.54 Å². The first-order valence-corrected chi connectivity index (χ1v) is 7.13. The maximum Gasteiger partial charge on any atom is 0.125 e. The Labute approximate surface area is 115 Å². The lowest BCUT2D eigenvalue weighted by molar-refractivity contribution is 0.435. The van der Waals surface area contributed by atoms with Crippen molar-refractivity contribution in [2.24, 2.45) is 0 Å². The van der Waals surface area contributed by atoms with Crippen LogP contribution in [0, 0.1) is 6.92 Å². The number of benzene rings is 1. The normalized spacial score (nSPS) is 12.6. The lowest BCUT2D eigenvalue weighted by atomic mass is 10.00. The highest BCUT2D eigenvalue weighted by atomic mass is 16.3. The maximum absolute atomic E-state index is 5.79. The molecule has 0 amide bonds. The Balaban J connectivity index is 2.30. The molecular weight excluding hydrogens is 234 g/mol. The monoisotopic (exact) mass is 257 g/mol. The van der Waals surface area contributed by atoms with E-state index >= 15 is 0 Å². The summed E-state index contributed by atoms with van der Waals surface area (Å²) in [7, 11) is 0. The van der Waals surface area contributed by atoms with Gasteiger partial charge in [-0.2, -0.15) is 0 Å². The van der Waals surface area contributed by atoms with Crippen LogP contribution in [0.25, 0.3) is 0 Å². The first-order valence-electron chi connectivity index (χ1n) is 7.13. The van der Waals surface area contributed by atoms with Gasteiger partial charge in [0.05, 0.1) is 6.04 Å². The van der Waals surface area contributed by atoms with Crippen LogP contribution in [0.3, 0.4) is 0 Å². The predicted molar refractivity (Wildman–Crippen MR) is 79.4 cm³/mol. The summed E-state index contributed by atoms with van der Waals surface area (Å²) >= 11 is 0. The summed E-state index contributed by atoms with van der Waals surface area (Å²) in [5.74, 6) is 1.95. The molecule has 2 rings (SSSR count). The molecular formula is C17H23NO. The van der Waals surface area contributed by atoms with Crippen LogP contribution in [-0.2, 0) is 6.42 Å². The number of hydrogen-bond donors (Lipinski definition) is 1. The van der Waals surface area contributed by atoms with Gasteiger partial charge in [-0.25, -0.2) is 0 Å². The third-order valence-electron chi connectivity index (χ3n) is 3.28. The first kappa shape index (κ1) is 13.9. The molecule has 1 unspecified atom stereocenters. The minimum atomic E-state index is 0.149. The zero-order valence-corrected chi connectivity index (χ0v) is 12.1. The Bertz CT molecular complexity index is 515. The fraction of sp³-hybridized carbons (Fsp3) is 0.412. The highest BCUT2D eigenvalue weighted by Gasteiger charge is 2.16. The van der Waals surface area contributed by atoms with E-state index < -0.39 is 0 Å². The zero-order chi connectivity index (χ0) is 13.7. The van der Waals surface area contributed by atoms with Gasteiger partial charge in [0.2, 0.25) is 0 Å². The first-order chi connectivity index (χ1) is 9.24. The molecule has 0 saturated carbocycles. The summed E-state index contributed by atoms with van der Waals surface area (Å²) in [5, 5.41) is 3.50. The minimum Gasteiger partial charge on any atom is -0.464 e. The second kappa shape index (κ2) is 6.58. The molecule has 0 aliphatic carbocycles. The molecule has 1 aromatic heterocycles. The summed E-state index contributed by atoms with van der Waals surface area (Å²) in [6.07, 6.45) is 2.30. The van der Waals surface area contributed by atoms with Crippen molar-refractivity contribution in [2.45, 2.75) is 39.7 Å². The summed E-state index contributed by atoms with van der Waals surface area (Å²) in [6, 6.07) is 13.0. The fourth-order valence-corrected chi connectivity index (χ4v) is 2.41. The van der Waals surface area contributed by atoms with Gasteiger partial charge in [0, 0.05) is 0 Å². The topological polar surface area (TPSA) is 25.2 Å². The van der Waals surface area contributed by atoms with E-state index in [2.05, 4.69) is 49.5 Å². The van der Waals surface area contributed by atoms with E-state index in [1.54, 1.807) is 0 Å². The smallest absolute Gasteiger partial charge is 0.125 e. The Morgan fingerprint density at radius 3 is 2.63 bits per heavy atom. The van der Waals surface area contributed by atoms with Crippen molar-refractivity contribution in [3.8, 4) is 0 Å². The van der Waals surface area contributed by atoms with Gasteiger partial charge in [0.1, 0.15) is 11.5 Å². The molecule has 0 aliphatic heterocycles. The van der Waals surface area contributed by atoms with E-state index in [1.807, 2.05) is 13.0 Å². The van der Waals surface area contributed by atoms with Gasteiger partial charge in [0.15, 0.2) is 0 Å². The standard InChI is InChI=1S/C17H23NO/c1-4-7-14-8-6-9-15(12-14)17(18-5-2)16-11-10-13(3)19-16/h6,8-12,17-18H,4-5,7H2,1-3H3. The van der Waals surface area contributed by atoms with Crippen molar-refractivity contribution < 1.29 is 4.42 Å². The number of aryl methyl sites for hydroxylation is 2. The fourth-order valence-electron chi connectivity index (χ4n) is 2.41. The van der Waals surface area contributed by atoms with Gasteiger partial charge < -0.3 is 9.73 Å². The average Bonchev–Trinajstić information content (AvgIpc) is 2.83. The van der Waals surface area contributed by atoms with Crippen LogP contribution in [0.2, 0.25) is 0 Å². The number of rotatable bonds is 6. The molecule has 0 saturated heterocycles. The second-order valence-electron chi connectivity index (χ2n) is 4.93. The summed E-state index contributed by atoms with van der Waals surface area (Å²) in [4.78, 5) is 0. The van der Waals surface area contributed by atoms with Gasteiger partial charge in [-0.15, -0.1) is 0 Å². The molecule has 2 aromatic rings. The molecule has 2 heteroatoms. The van der Waals surface area contributed by atoms with Crippen LogP contribution in [0.15, 0.2) is 40.8 Å². The largest absolute Gasteiger partial charge is 0.464 e. The molecule has 0 bridgehead atoms. The SMILES string of the molecule is CCCc1cccc(C(NCC)c2ccc(C)o2)c1. The van der Waals surface area contributed by atoms with Crippen molar-refractivity contribution in [1.29, 1.82) is 0 Å². The Hall–Kier alpha value is -1.54. The molecule has 0 radical (unpaired) electrons. The predicted octanol–water partition coefficient (Wildman–Crippen LogP) is 4.24. The van der Waals surface area contributed by atoms with Gasteiger partial charge in [0.25, 0.3) is 0 Å². The highest BCUT2D eigenvalue weighted by molar-refractivity contribution is 5.31. The van der Waals surface area contributed by atoms with Crippen molar-refractivity contribution in [1.82, 2.24) is 5.32 Å². The molecule has 1 heterocycles. The third kappa shape index (κ3) is 3.48. The number of nitrogens with one attached hydrogen (secondary N) is 1. The summed E-state index contributed by atoms with van der Waals surface area (Å²) in [6.45, 7) is 7.24. The zero-order valence-electron chi connectivity index (χ0n) is 12.1. The average molecular weight is 257 g/mol. The number of furan rings is 1. The van der Waals surface area contributed by atoms with Gasteiger partial charge in [-0.3, -0.25) is 0 Å². The third-order valence-corrected chi connectivity index (χ3v) is 3.28. The number of hydrogen-bond acceptors (Lipinski definition) is 2. The lowest BCUT2D eigenvalue weighted by Crippen LogP contribution is -2.21. The minimum absolute atomic E-state index is 0.149. The van der Waals surface area contributed by atoms with E-state index in [-0.39, 0.29) is 6.04 Å². The molecule has 0 fully saturated rings. The Kier molecular flexibility index (Phi) is 4.80. The quantitative estimate of drug-likeness (QED) is 0.837. The van der Waals surface area contributed by atoms with Crippen molar-refractivity contribution in [3.63, 3.8) is 0 Å². The van der Waals surface area contributed by atoms with E-state index in [0.717, 1.165) is 24.5 Å². The van der Waals surface area contributed by atoms with Crippen molar-refractivity contribution >= 4 is 0 Å². The van der Waals surface area contributed by atoms with Crippen molar-refractivity contribution in [2.75, 3.05) is 6.54 Å². The Morgan fingerprint density at radius 1 is 1.16 bits per heavy atom. The molecule has 1 N–H and O–H groups in total. The highest BCUT2D eigenvalue weighted by Crippen LogP contribution is 2.24. The van der Waals surface area contributed by atoms with E-state index in [9.17, 15) is 0 Å². The van der Waals surface area contributed by atoms with Crippen LogP contribution in [0.1, 0.15) is 49.0 Å². The second-order valence-corrected chi connectivity index (χ2v) is 4.93. The van der Waals surface area contributed by atoms with Crippen LogP contribution in [0.4, 0.5) is 0 Å². The van der Waals surface area contributed by atoms with Gasteiger partial charge >= 0.3 is 0 Å². The molecule has 19 heavy (non-hydrogen) atoms.